The van der Waals surface area contributed by atoms with Crippen LogP contribution < -0.4 is 5.73 Å². The zero-order chi connectivity index (χ0) is 13.8. The van der Waals surface area contributed by atoms with Gasteiger partial charge < -0.3 is 5.73 Å². The number of nitriles is 1. The number of allylic oxidation sites excluding steroid dienone is 1. The van der Waals surface area contributed by atoms with Crippen LogP contribution in [0.3, 0.4) is 0 Å². The topological polar surface area (TPSA) is 49.8 Å². The quantitative estimate of drug-likeness (QED) is 0.670. The van der Waals surface area contributed by atoms with Crippen molar-refractivity contribution in [2.24, 2.45) is 5.73 Å². The summed E-state index contributed by atoms with van der Waals surface area (Å²) in [7, 11) is 0. The molecule has 0 fully saturated rings. The summed E-state index contributed by atoms with van der Waals surface area (Å²) in [6.07, 6.45) is 0. The van der Waals surface area contributed by atoms with E-state index in [1.807, 2.05) is 55.5 Å². The monoisotopic (exact) mass is 312 g/mol. The van der Waals surface area contributed by atoms with Crippen LogP contribution in [0.5, 0.6) is 0 Å². The Morgan fingerprint density at radius 2 is 1.79 bits per heavy atom. The minimum Gasteiger partial charge on any atom is -0.397 e. The van der Waals surface area contributed by atoms with Crippen LogP contribution in [0.25, 0.3) is 11.3 Å². The van der Waals surface area contributed by atoms with E-state index in [1.165, 1.54) is 0 Å². The minimum absolute atomic E-state index is 0.490. The number of benzene rings is 2. The van der Waals surface area contributed by atoms with Crippen LogP contribution >= 0.6 is 15.9 Å². The summed E-state index contributed by atoms with van der Waals surface area (Å²) in [5.74, 6) is 0. The van der Waals surface area contributed by atoms with Gasteiger partial charge in [-0.1, -0.05) is 48.5 Å². The summed E-state index contributed by atoms with van der Waals surface area (Å²) in [5.41, 5.74) is 9.93. The lowest BCUT2D eigenvalue weighted by Gasteiger charge is -2.10. The van der Waals surface area contributed by atoms with Crippen molar-refractivity contribution >= 4 is 27.2 Å². The second-order valence-corrected chi connectivity index (χ2v) is 5.00. The van der Waals surface area contributed by atoms with Gasteiger partial charge in [-0.05, 0) is 34.0 Å². The van der Waals surface area contributed by atoms with Gasteiger partial charge in [-0.15, -0.1) is 0 Å². The Morgan fingerprint density at radius 3 is 2.42 bits per heavy atom. The van der Waals surface area contributed by atoms with Crippen LogP contribution in [0.2, 0.25) is 0 Å². The molecule has 0 aliphatic heterocycles. The van der Waals surface area contributed by atoms with E-state index in [2.05, 4.69) is 22.0 Å². The molecule has 2 rings (SSSR count). The first-order valence-electron chi connectivity index (χ1n) is 5.86. The van der Waals surface area contributed by atoms with Gasteiger partial charge in [0.1, 0.15) is 6.07 Å². The van der Waals surface area contributed by atoms with Crippen molar-refractivity contribution < 1.29 is 0 Å². The van der Waals surface area contributed by atoms with E-state index in [0.717, 1.165) is 21.2 Å². The molecule has 3 heteroatoms. The standard InChI is InChI=1S/C16H13BrN2/c1-11-6-5-9-13(15(11)17)16(19)14(10-18)12-7-3-2-4-8-12/h2-9H,19H2,1H3/b16-14+. The zero-order valence-electron chi connectivity index (χ0n) is 10.5. The van der Waals surface area contributed by atoms with Crippen LogP contribution in [-0.4, -0.2) is 0 Å². The van der Waals surface area contributed by atoms with E-state index in [9.17, 15) is 5.26 Å². The molecule has 0 spiro atoms. The SMILES string of the molecule is Cc1cccc(/C(N)=C(/C#N)c2ccccc2)c1Br. The Balaban J connectivity index is 2.63. The molecule has 2 N–H and O–H groups in total. The Morgan fingerprint density at radius 1 is 1.11 bits per heavy atom. The smallest absolute Gasteiger partial charge is 0.102 e. The van der Waals surface area contributed by atoms with Crippen molar-refractivity contribution in [2.75, 3.05) is 0 Å². The van der Waals surface area contributed by atoms with Crippen LogP contribution in [0.1, 0.15) is 16.7 Å². The van der Waals surface area contributed by atoms with Crippen molar-refractivity contribution in [1.82, 2.24) is 0 Å². The number of aryl methyl sites for hydroxylation is 1. The van der Waals surface area contributed by atoms with Gasteiger partial charge in [0, 0.05) is 10.0 Å². The van der Waals surface area contributed by atoms with Crippen molar-refractivity contribution in [3.63, 3.8) is 0 Å². The molecule has 19 heavy (non-hydrogen) atoms. The summed E-state index contributed by atoms with van der Waals surface area (Å²) in [5, 5.41) is 9.37. The zero-order valence-corrected chi connectivity index (χ0v) is 12.1. The third-order valence-corrected chi connectivity index (χ3v) is 3.98. The third kappa shape index (κ3) is 2.69. The molecule has 2 aromatic carbocycles. The van der Waals surface area contributed by atoms with E-state index < -0.39 is 0 Å². The first-order chi connectivity index (χ1) is 9.15. The second kappa shape index (κ2) is 5.73. The van der Waals surface area contributed by atoms with Crippen LogP contribution in [-0.2, 0) is 0 Å². The molecule has 0 saturated heterocycles. The molecule has 0 aliphatic rings. The van der Waals surface area contributed by atoms with E-state index in [1.54, 1.807) is 0 Å². The van der Waals surface area contributed by atoms with E-state index in [4.69, 9.17) is 5.73 Å². The fourth-order valence-corrected chi connectivity index (χ4v) is 2.35. The number of nitrogens with two attached hydrogens (primary N) is 1. The maximum absolute atomic E-state index is 9.37. The van der Waals surface area contributed by atoms with Crippen LogP contribution in [0.4, 0.5) is 0 Å². The summed E-state index contributed by atoms with van der Waals surface area (Å²) in [4.78, 5) is 0. The molecule has 0 bridgehead atoms. The molecule has 0 radical (unpaired) electrons. The molecule has 0 heterocycles. The molecular weight excluding hydrogens is 300 g/mol. The minimum atomic E-state index is 0.490. The predicted octanol–water partition coefficient (Wildman–Crippen LogP) is 4.11. The van der Waals surface area contributed by atoms with Crippen molar-refractivity contribution in [2.45, 2.75) is 6.92 Å². The number of halogens is 1. The van der Waals surface area contributed by atoms with Crippen molar-refractivity contribution in [3.8, 4) is 6.07 Å². The molecule has 0 aromatic heterocycles. The van der Waals surface area contributed by atoms with Crippen LogP contribution in [0, 0.1) is 18.3 Å². The summed E-state index contributed by atoms with van der Waals surface area (Å²) in [6.45, 7) is 2.00. The fourth-order valence-electron chi connectivity index (χ4n) is 1.88. The fraction of sp³-hybridized carbons (Fsp3) is 0.0625. The molecule has 0 unspecified atom stereocenters. The molecule has 0 saturated carbocycles. The molecule has 94 valence electrons. The Kier molecular flexibility index (Phi) is 4.03. The van der Waals surface area contributed by atoms with Gasteiger partial charge in [0.25, 0.3) is 0 Å². The normalized spacial score (nSPS) is 11.6. The van der Waals surface area contributed by atoms with Gasteiger partial charge in [-0.2, -0.15) is 5.26 Å². The van der Waals surface area contributed by atoms with Gasteiger partial charge in [0.05, 0.1) is 11.3 Å². The number of hydrogen-bond acceptors (Lipinski definition) is 2. The predicted molar refractivity (Wildman–Crippen MR) is 81.9 cm³/mol. The Labute approximate surface area is 121 Å². The molecule has 0 atom stereocenters. The highest BCUT2D eigenvalue weighted by Crippen LogP contribution is 2.29. The maximum Gasteiger partial charge on any atom is 0.102 e. The Bertz CT molecular complexity index is 667. The molecule has 2 nitrogen and oxygen atoms in total. The molecule has 2 aromatic rings. The van der Waals surface area contributed by atoms with E-state index in [-0.39, 0.29) is 0 Å². The summed E-state index contributed by atoms with van der Waals surface area (Å²) >= 11 is 3.53. The highest BCUT2D eigenvalue weighted by molar-refractivity contribution is 9.10. The number of rotatable bonds is 2. The average molecular weight is 313 g/mol. The van der Waals surface area contributed by atoms with Gasteiger partial charge in [-0.25, -0.2) is 0 Å². The Hall–Kier alpha value is -2.05. The first-order valence-corrected chi connectivity index (χ1v) is 6.65. The molecular formula is C16H13BrN2. The largest absolute Gasteiger partial charge is 0.397 e. The van der Waals surface area contributed by atoms with E-state index >= 15 is 0 Å². The summed E-state index contributed by atoms with van der Waals surface area (Å²) < 4.78 is 0.927. The van der Waals surface area contributed by atoms with Crippen molar-refractivity contribution in [1.29, 1.82) is 5.26 Å². The highest BCUT2D eigenvalue weighted by atomic mass is 79.9. The van der Waals surface area contributed by atoms with Gasteiger partial charge in [0.2, 0.25) is 0 Å². The van der Waals surface area contributed by atoms with Gasteiger partial charge in [-0.3, -0.25) is 0 Å². The lowest BCUT2D eigenvalue weighted by atomic mass is 10.00. The molecule has 0 aliphatic carbocycles. The van der Waals surface area contributed by atoms with Crippen molar-refractivity contribution in [3.05, 3.63) is 69.7 Å². The summed E-state index contributed by atoms with van der Waals surface area (Å²) in [6, 6.07) is 17.5. The average Bonchev–Trinajstić information content (AvgIpc) is 2.44. The number of hydrogen-bond donors (Lipinski definition) is 1. The number of nitrogens with zero attached hydrogens (tertiary/aromatic N) is 1. The second-order valence-electron chi connectivity index (χ2n) is 4.20. The lowest BCUT2D eigenvalue weighted by Crippen LogP contribution is -2.02. The van der Waals surface area contributed by atoms with Gasteiger partial charge >= 0.3 is 0 Å². The van der Waals surface area contributed by atoms with Gasteiger partial charge in [0.15, 0.2) is 0 Å². The van der Waals surface area contributed by atoms with E-state index in [0.29, 0.717) is 11.3 Å². The molecule has 0 amide bonds. The highest BCUT2D eigenvalue weighted by Gasteiger charge is 2.11. The van der Waals surface area contributed by atoms with Crippen LogP contribution in [0.15, 0.2) is 53.0 Å². The lowest BCUT2D eigenvalue weighted by molar-refractivity contribution is 1.38. The maximum atomic E-state index is 9.37. The third-order valence-electron chi connectivity index (χ3n) is 2.93. The first kappa shape index (κ1) is 13.4.